The molecule has 0 aliphatic carbocycles. The quantitative estimate of drug-likeness (QED) is 0.674. The number of thiazole rings is 1. The Hall–Kier alpha value is -1.26. The minimum atomic E-state index is 0.984. The predicted octanol–water partition coefficient (Wildman–Crippen LogP) is 4.12. The molecule has 0 unspecified atom stereocenters. The van der Waals surface area contributed by atoms with E-state index in [1.807, 2.05) is 29.9 Å². The van der Waals surface area contributed by atoms with E-state index in [2.05, 4.69) is 38.0 Å². The Balaban J connectivity index is 2.20. The van der Waals surface area contributed by atoms with Gasteiger partial charge in [0.2, 0.25) is 0 Å². The van der Waals surface area contributed by atoms with Crippen LogP contribution in [-0.4, -0.2) is 9.97 Å². The number of benzene rings is 1. The van der Waals surface area contributed by atoms with Crippen molar-refractivity contribution in [1.82, 2.24) is 9.97 Å². The van der Waals surface area contributed by atoms with Gasteiger partial charge in [0.05, 0.1) is 21.6 Å². The van der Waals surface area contributed by atoms with Crippen LogP contribution in [0.2, 0.25) is 0 Å². The average molecular weight is 291 g/mol. The second-order valence-electron chi connectivity index (χ2n) is 3.40. The highest BCUT2D eigenvalue weighted by Gasteiger charge is 2.02. The molecule has 2 aromatic heterocycles. The first-order valence-corrected chi connectivity index (χ1v) is 6.45. The van der Waals surface area contributed by atoms with E-state index in [1.165, 1.54) is 0 Å². The highest BCUT2D eigenvalue weighted by molar-refractivity contribution is 9.10. The standard InChI is InChI=1S/C12H7BrN2S/c13-9-2-4-10-8(5-9)1-3-11(15-10)12-6-14-7-16-12/h1-7H. The van der Waals surface area contributed by atoms with Crippen LogP contribution in [0.15, 0.2) is 46.5 Å². The van der Waals surface area contributed by atoms with Crippen molar-refractivity contribution in [2.75, 3.05) is 0 Å². The van der Waals surface area contributed by atoms with Crippen molar-refractivity contribution >= 4 is 38.2 Å². The maximum absolute atomic E-state index is 4.61. The lowest BCUT2D eigenvalue weighted by Gasteiger charge is -2.00. The van der Waals surface area contributed by atoms with Crippen LogP contribution >= 0.6 is 27.3 Å². The first kappa shape index (κ1) is 9.93. The molecule has 16 heavy (non-hydrogen) atoms. The molecule has 0 spiro atoms. The zero-order valence-electron chi connectivity index (χ0n) is 8.22. The summed E-state index contributed by atoms with van der Waals surface area (Å²) in [5.41, 5.74) is 3.81. The minimum absolute atomic E-state index is 0.984. The smallest absolute Gasteiger partial charge is 0.0825 e. The molecule has 3 rings (SSSR count). The summed E-state index contributed by atoms with van der Waals surface area (Å²) >= 11 is 5.06. The molecule has 1 aromatic carbocycles. The number of aromatic nitrogens is 2. The summed E-state index contributed by atoms with van der Waals surface area (Å²) in [6.07, 6.45) is 1.84. The third-order valence-corrected chi connectivity index (χ3v) is 3.62. The van der Waals surface area contributed by atoms with Crippen molar-refractivity contribution < 1.29 is 0 Å². The summed E-state index contributed by atoms with van der Waals surface area (Å²) in [5, 5.41) is 1.14. The molecule has 0 saturated heterocycles. The molecule has 4 heteroatoms. The molecular weight excluding hydrogens is 284 g/mol. The van der Waals surface area contributed by atoms with Gasteiger partial charge in [-0.1, -0.05) is 22.0 Å². The molecule has 0 aliphatic rings. The second-order valence-corrected chi connectivity index (χ2v) is 5.20. The zero-order valence-corrected chi connectivity index (χ0v) is 10.6. The topological polar surface area (TPSA) is 25.8 Å². The SMILES string of the molecule is Brc1ccc2nc(-c3cncs3)ccc2c1. The summed E-state index contributed by atoms with van der Waals surface area (Å²) in [5.74, 6) is 0. The molecule has 0 radical (unpaired) electrons. The first-order valence-electron chi connectivity index (χ1n) is 4.78. The number of fused-ring (bicyclic) bond motifs is 1. The highest BCUT2D eigenvalue weighted by Crippen LogP contribution is 2.25. The summed E-state index contributed by atoms with van der Waals surface area (Å²) in [4.78, 5) is 9.77. The minimum Gasteiger partial charge on any atom is -0.252 e. The summed E-state index contributed by atoms with van der Waals surface area (Å²) in [7, 11) is 0. The molecule has 2 nitrogen and oxygen atoms in total. The third kappa shape index (κ3) is 1.74. The van der Waals surface area contributed by atoms with Crippen molar-refractivity contribution in [2.45, 2.75) is 0 Å². The number of nitrogens with zero attached hydrogens (tertiary/aromatic N) is 2. The maximum atomic E-state index is 4.61. The van der Waals surface area contributed by atoms with Crippen LogP contribution in [0.1, 0.15) is 0 Å². The second kappa shape index (κ2) is 3.96. The number of pyridine rings is 1. The molecule has 0 amide bonds. The fourth-order valence-corrected chi connectivity index (χ4v) is 2.55. The van der Waals surface area contributed by atoms with E-state index in [-0.39, 0.29) is 0 Å². The van der Waals surface area contributed by atoms with E-state index in [1.54, 1.807) is 11.3 Å². The molecule has 0 N–H and O–H groups in total. The lowest BCUT2D eigenvalue weighted by Crippen LogP contribution is -1.82. The Kier molecular flexibility index (Phi) is 2.46. The molecule has 2 heterocycles. The number of rotatable bonds is 1. The average Bonchev–Trinajstić information content (AvgIpc) is 2.82. The van der Waals surface area contributed by atoms with Crippen LogP contribution in [-0.2, 0) is 0 Å². The van der Waals surface area contributed by atoms with Crippen LogP contribution in [0.25, 0.3) is 21.5 Å². The molecule has 0 fully saturated rings. The normalized spacial score (nSPS) is 10.8. The van der Waals surface area contributed by atoms with E-state index < -0.39 is 0 Å². The van der Waals surface area contributed by atoms with Crippen LogP contribution in [0, 0.1) is 0 Å². The van der Waals surface area contributed by atoms with E-state index in [9.17, 15) is 0 Å². The van der Waals surface area contributed by atoms with Crippen molar-refractivity contribution in [2.24, 2.45) is 0 Å². The third-order valence-electron chi connectivity index (χ3n) is 2.34. The Morgan fingerprint density at radius 3 is 2.88 bits per heavy atom. The Morgan fingerprint density at radius 2 is 2.06 bits per heavy atom. The van der Waals surface area contributed by atoms with E-state index >= 15 is 0 Å². The first-order chi connectivity index (χ1) is 7.83. The fourth-order valence-electron chi connectivity index (χ4n) is 1.58. The molecule has 0 aliphatic heterocycles. The van der Waals surface area contributed by atoms with Gasteiger partial charge in [0.15, 0.2) is 0 Å². The van der Waals surface area contributed by atoms with Gasteiger partial charge in [-0.15, -0.1) is 11.3 Å². The Bertz CT molecular complexity index is 635. The van der Waals surface area contributed by atoms with Gasteiger partial charge in [-0.05, 0) is 24.3 Å². The van der Waals surface area contributed by atoms with Crippen molar-refractivity contribution in [3.05, 3.63) is 46.5 Å². The van der Waals surface area contributed by atoms with Gasteiger partial charge in [0, 0.05) is 16.1 Å². The molecule has 3 aromatic rings. The van der Waals surface area contributed by atoms with Crippen LogP contribution < -0.4 is 0 Å². The summed E-state index contributed by atoms with van der Waals surface area (Å²) < 4.78 is 1.08. The molecule has 0 atom stereocenters. The van der Waals surface area contributed by atoms with Gasteiger partial charge in [-0.2, -0.15) is 0 Å². The zero-order chi connectivity index (χ0) is 11.0. The predicted molar refractivity (Wildman–Crippen MR) is 70.6 cm³/mol. The maximum Gasteiger partial charge on any atom is 0.0825 e. The highest BCUT2D eigenvalue weighted by atomic mass is 79.9. The van der Waals surface area contributed by atoms with Gasteiger partial charge in [0.25, 0.3) is 0 Å². The van der Waals surface area contributed by atoms with Crippen molar-refractivity contribution in [3.8, 4) is 10.6 Å². The Labute approximate surface area is 105 Å². The monoisotopic (exact) mass is 290 g/mol. The molecule has 0 bridgehead atoms. The van der Waals surface area contributed by atoms with Crippen molar-refractivity contribution in [1.29, 1.82) is 0 Å². The van der Waals surface area contributed by atoms with Gasteiger partial charge >= 0.3 is 0 Å². The van der Waals surface area contributed by atoms with Crippen molar-refractivity contribution in [3.63, 3.8) is 0 Å². The number of halogens is 1. The lowest BCUT2D eigenvalue weighted by atomic mass is 10.2. The molecular formula is C12H7BrN2S. The van der Waals surface area contributed by atoms with Gasteiger partial charge in [-0.25, -0.2) is 4.98 Å². The number of hydrogen-bond acceptors (Lipinski definition) is 3. The van der Waals surface area contributed by atoms with E-state index in [0.717, 1.165) is 25.9 Å². The van der Waals surface area contributed by atoms with E-state index in [0.29, 0.717) is 0 Å². The Morgan fingerprint density at radius 1 is 1.12 bits per heavy atom. The summed E-state index contributed by atoms with van der Waals surface area (Å²) in [6, 6.07) is 10.2. The molecule has 0 saturated carbocycles. The summed E-state index contributed by atoms with van der Waals surface area (Å²) in [6.45, 7) is 0. The van der Waals surface area contributed by atoms with Gasteiger partial charge < -0.3 is 0 Å². The van der Waals surface area contributed by atoms with Gasteiger partial charge in [0.1, 0.15) is 0 Å². The van der Waals surface area contributed by atoms with E-state index in [4.69, 9.17) is 0 Å². The van der Waals surface area contributed by atoms with Crippen LogP contribution in [0.5, 0.6) is 0 Å². The van der Waals surface area contributed by atoms with Crippen LogP contribution in [0.3, 0.4) is 0 Å². The number of hydrogen-bond donors (Lipinski definition) is 0. The van der Waals surface area contributed by atoms with Gasteiger partial charge in [-0.3, -0.25) is 4.98 Å². The largest absolute Gasteiger partial charge is 0.252 e. The fraction of sp³-hybridized carbons (Fsp3) is 0. The van der Waals surface area contributed by atoms with Crippen LogP contribution in [0.4, 0.5) is 0 Å². The molecule has 78 valence electrons. The lowest BCUT2D eigenvalue weighted by molar-refractivity contribution is 1.38.